The minimum absolute atomic E-state index is 0.156. The molecule has 2 heterocycles. The zero-order valence-electron chi connectivity index (χ0n) is 10.2. The average molecular weight is 260 g/mol. The number of fused-ring (bicyclic) bond motifs is 1. The average Bonchev–Trinajstić information content (AvgIpc) is 2.98. The highest BCUT2D eigenvalue weighted by Crippen LogP contribution is 2.38. The Kier molecular flexibility index (Phi) is 2.56. The van der Waals surface area contributed by atoms with Crippen molar-refractivity contribution in [2.45, 2.75) is 6.92 Å². The van der Waals surface area contributed by atoms with Crippen molar-refractivity contribution in [3.8, 4) is 11.5 Å². The summed E-state index contributed by atoms with van der Waals surface area (Å²) in [5, 5.41) is 2.68. The number of nitrogens with one attached hydrogen (secondary N) is 1. The molecular formula is C13H12N2O4. The van der Waals surface area contributed by atoms with Crippen LogP contribution in [0.15, 0.2) is 28.7 Å². The van der Waals surface area contributed by atoms with E-state index in [2.05, 4.69) is 5.32 Å². The molecule has 0 bridgehead atoms. The predicted octanol–water partition coefficient (Wildman–Crippen LogP) is 2.15. The zero-order chi connectivity index (χ0) is 13.4. The molecule has 0 aliphatic carbocycles. The summed E-state index contributed by atoms with van der Waals surface area (Å²) in [4.78, 5) is 11.9. The monoisotopic (exact) mass is 260 g/mol. The molecule has 0 saturated carbocycles. The highest BCUT2D eigenvalue weighted by molar-refractivity contribution is 6.04. The van der Waals surface area contributed by atoms with E-state index in [9.17, 15) is 4.79 Å². The van der Waals surface area contributed by atoms with Gasteiger partial charge in [-0.15, -0.1) is 0 Å². The summed E-state index contributed by atoms with van der Waals surface area (Å²) in [5.74, 6) is 1.67. The number of hydrogen-bond acceptors (Lipinski definition) is 5. The first-order valence-corrected chi connectivity index (χ1v) is 5.70. The first kappa shape index (κ1) is 11.5. The van der Waals surface area contributed by atoms with E-state index in [-0.39, 0.29) is 18.5 Å². The van der Waals surface area contributed by atoms with Crippen molar-refractivity contribution in [1.29, 1.82) is 0 Å². The van der Waals surface area contributed by atoms with Gasteiger partial charge in [-0.3, -0.25) is 4.79 Å². The number of anilines is 2. The molecule has 0 unspecified atom stereocenters. The molecule has 0 saturated heterocycles. The minimum atomic E-state index is -0.362. The van der Waals surface area contributed by atoms with Crippen LogP contribution in [0.3, 0.4) is 0 Å². The van der Waals surface area contributed by atoms with Gasteiger partial charge in [0.25, 0.3) is 5.91 Å². The van der Waals surface area contributed by atoms with Crippen molar-refractivity contribution >= 4 is 17.3 Å². The number of furan rings is 1. The van der Waals surface area contributed by atoms with Gasteiger partial charge in [0.2, 0.25) is 6.79 Å². The van der Waals surface area contributed by atoms with Crippen LogP contribution in [0.2, 0.25) is 0 Å². The first-order valence-electron chi connectivity index (χ1n) is 5.70. The number of benzene rings is 1. The summed E-state index contributed by atoms with van der Waals surface area (Å²) < 4.78 is 15.7. The van der Waals surface area contributed by atoms with Crippen molar-refractivity contribution < 1.29 is 18.7 Å². The number of carbonyl (C=O) groups excluding carboxylic acids is 1. The highest BCUT2D eigenvalue weighted by atomic mass is 16.7. The number of aryl methyl sites for hydroxylation is 1. The van der Waals surface area contributed by atoms with Gasteiger partial charge in [-0.1, -0.05) is 0 Å². The molecule has 0 atom stereocenters. The second kappa shape index (κ2) is 4.24. The number of rotatable bonds is 2. The topological polar surface area (TPSA) is 86.7 Å². The van der Waals surface area contributed by atoms with Crippen LogP contribution >= 0.6 is 0 Å². The van der Waals surface area contributed by atoms with Gasteiger partial charge in [-0.25, -0.2) is 0 Å². The minimum Gasteiger partial charge on any atom is -0.456 e. The fourth-order valence-corrected chi connectivity index (χ4v) is 1.81. The number of carbonyl (C=O) groups is 1. The number of nitrogens with two attached hydrogens (primary N) is 1. The van der Waals surface area contributed by atoms with Crippen LogP contribution in [0.5, 0.6) is 11.5 Å². The van der Waals surface area contributed by atoms with Crippen LogP contribution in [-0.4, -0.2) is 12.7 Å². The van der Waals surface area contributed by atoms with Crippen molar-refractivity contribution in [1.82, 2.24) is 0 Å². The maximum absolute atomic E-state index is 11.9. The van der Waals surface area contributed by atoms with Gasteiger partial charge < -0.3 is 24.9 Å². The summed E-state index contributed by atoms with van der Waals surface area (Å²) in [7, 11) is 0. The molecule has 3 N–H and O–H groups in total. The summed E-state index contributed by atoms with van der Waals surface area (Å²) in [6, 6.07) is 6.57. The first-order chi connectivity index (χ1) is 9.13. The third-order valence-electron chi connectivity index (χ3n) is 2.76. The lowest BCUT2D eigenvalue weighted by Crippen LogP contribution is -2.12. The third kappa shape index (κ3) is 2.08. The largest absolute Gasteiger partial charge is 0.456 e. The Labute approximate surface area is 109 Å². The van der Waals surface area contributed by atoms with E-state index >= 15 is 0 Å². The summed E-state index contributed by atoms with van der Waals surface area (Å²) in [5.41, 5.74) is 6.71. The molecule has 98 valence electrons. The normalized spacial score (nSPS) is 12.5. The number of hydrogen-bond donors (Lipinski definition) is 2. The molecule has 6 heteroatoms. The molecule has 0 spiro atoms. The number of ether oxygens (including phenoxy) is 2. The zero-order valence-corrected chi connectivity index (χ0v) is 10.2. The Hall–Kier alpha value is -2.63. The SMILES string of the molecule is Cc1ccc(C(=O)Nc2cc3c(cc2N)OCO3)o1. The second-order valence-electron chi connectivity index (χ2n) is 4.16. The van der Waals surface area contributed by atoms with E-state index in [4.69, 9.17) is 19.6 Å². The lowest BCUT2D eigenvalue weighted by Gasteiger charge is -2.08. The fraction of sp³-hybridized carbons (Fsp3) is 0.154. The van der Waals surface area contributed by atoms with Crippen molar-refractivity contribution in [3.63, 3.8) is 0 Å². The fourth-order valence-electron chi connectivity index (χ4n) is 1.81. The quantitative estimate of drug-likeness (QED) is 0.808. The molecule has 1 aromatic heterocycles. The van der Waals surface area contributed by atoms with Crippen LogP contribution in [0.1, 0.15) is 16.3 Å². The molecule has 1 aliphatic heterocycles. The summed E-state index contributed by atoms with van der Waals surface area (Å²) in [6.07, 6.45) is 0. The lowest BCUT2D eigenvalue weighted by molar-refractivity contribution is 0.0995. The molecule has 2 aromatic rings. The van der Waals surface area contributed by atoms with Crippen LogP contribution in [0.4, 0.5) is 11.4 Å². The predicted molar refractivity (Wildman–Crippen MR) is 68.4 cm³/mol. The Morgan fingerprint density at radius 3 is 2.68 bits per heavy atom. The van der Waals surface area contributed by atoms with Crippen LogP contribution < -0.4 is 20.5 Å². The smallest absolute Gasteiger partial charge is 0.291 e. The molecule has 1 amide bonds. The Bertz CT molecular complexity index is 648. The number of nitrogen functional groups attached to an aromatic ring is 1. The Morgan fingerprint density at radius 1 is 1.26 bits per heavy atom. The van der Waals surface area contributed by atoms with Gasteiger partial charge >= 0.3 is 0 Å². The Balaban J connectivity index is 1.85. The standard InChI is InChI=1S/C13H12N2O4/c1-7-2-3-10(19-7)13(16)15-9-5-12-11(4-8(9)14)17-6-18-12/h2-5H,6,14H2,1H3,(H,15,16). The third-order valence-corrected chi connectivity index (χ3v) is 2.76. The van der Waals surface area contributed by atoms with Gasteiger partial charge in [0.05, 0.1) is 11.4 Å². The lowest BCUT2D eigenvalue weighted by atomic mass is 10.2. The summed E-state index contributed by atoms with van der Waals surface area (Å²) >= 11 is 0. The van der Waals surface area contributed by atoms with E-state index in [1.807, 2.05) is 0 Å². The molecule has 1 aromatic carbocycles. The van der Waals surface area contributed by atoms with Crippen molar-refractivity contribution in [2.75, 3.05) is 17.8 Å². The van der Waals surface area contributed by atoms with E-state index in [1.54, 1.807) is 31.2 Å². The van der Waals surface area contributed by atoms with E-state index < -0.39 is 0 Å². The Morgan fingerprint density at radius 2 is 2.00 bits per heavy atom. The molecule has 6 nitrogen and oxygen atoms in total. The maximum Gasteiger partial charge on any atom is 0.291 e. The molecule has 3 rings (SSSR count). The van der Waals surface area contributed by atoms with E-state index in [0.29, 0.717) is 28.6 Å². The van der Waals surface area contributed by atoms with Crippen LogP contribution in [0.25, 0.3) is 0 Å². The maximum atomic E-state index is 11.9. The van der Waals surface area contributed by atoms with Crippen molar-refractivity contribution in [3.05, 3.63) is 35.8 Å². The van der Waals surface area contributed by atoms with Crippen molar-refractivity contribution in [2.24, 2.45) is 0 Å². The number of amides is 1. The van der Waals surface area contributed by atoms with Crippen LogP contribution in [-0.2, 0) is 0 Å². The van der Waals surface area contributed by atoms with Gasteiger partial charge in [-0.2, -0.15) is 0 Å². The highest BCUT2D eigenvalue weighted by Gasteiger charge is 2.18. The molecular weight excluding hydrogens is 248 g/mol. The van der Waals surface area contributed by atoms with Gasteiger partial charge in [0.1, 0.15) is 5.76 Å². The second-order valence-corrected chi connectivity index (χ2v) is 4.16. The summed E-state index contributed by atoms with van der Waals surface area (Å²) in [6.45, 7) is 1.93. The molecule has 0 radical (unpaired) electrons. The van der Waals surface area contributed by atoms with Gasteiger partial charge in [-0.05, 0) is 19.1 Å². The molecule has 0 fully saturated rings. The molecule has 19 heavy (non-hydrogen) atoms. The molecule has 1 aliphatic rings. The van der Waals surface area contributed by atoms with Gasteiger partial charge in [0, 0.05) is 12.1 Å². The van der Waals surface area contributed by atoms with Crippen LogP contribution in [0, 0.1) is 6.92 Å². The van der Waals surface area contributed by atoms with E-state index in [1.165, 1.54) is 0 Å². The van der Waals surface area contributed by atoms with Gasteiger partial charge in [0.15, 0.2) is 17.3 Å². The van der Waals surface area contributed by atoms with E-state index in [0.717, 1.165) is 0 Å².